The lowest BCUT2D eigenvalue weighted by molar-refractivity contribution is -0.137. The minimum atomic E-state index is -0.818. The molecule has 0 radical (unpaired) electrons. The Bertz CT molecular complexity index is 828. The number of carboxylic acid groups (broad SMARTS) is 1. The summed E-state index contributed by atoms with van der Waals surface area (Å²) in [6, 6.07) is 7.97. The van der Waals surface area contributed by atoms with E-state index in [1.807, 2.05) is 48.8 Å². The lowest BCUT2D eigenvalue weighted by Crippen LogP contribution is -2.27. The number of H-pyrrole nitrogens is 1. The minimum Gasteiger partial charge on any atom is -0.481 e. The smallest absolute Gasteiger partial charge is 0.315 e. The van der Waals surface area contributed by atoms with Crippen molar-refractivity contribution in [2.24, 2.45) is 5.92 Å². The molecule has 1 aliphatic carbocycles. The maximum absolute atomic E-state index is 12.0. The molecular formula is C18H16N2O2. The molecule has 4 rings (SSSR count). The summed E-state index contributed by atoms with van der Waals surface area (Å²) < 4.78 is 0. The highest BCUT2D eigenvalue weighted by Gasteiger charge is 2.37. The maximum Gasteiger partial charge on any atom is 0.315 e. The monoisotopic (exact) mass is 292 g/mol. The zero-order valence-electron chi connectivity index (χ0n) is 11.9. The van der Waals surface area contributed by atoms with Crippen LogP contribution in [0.5, 0.6) is 0 Å². The fraction of sp³-hybridized carbons (Fsp3) is 0.167. The van der Waals surface area contributed by atoms with Crippen molar-refractivity contribution in [3.05, 3.63) is 72.1 Å². The summed E-state index contributed by atoms with van der Waals surface area (Å²) in [5, 5.41) is 14.1. The van der Waals surface area contributed by atoms with Crippen molar-refractivity contribution in [1.82, 2.24) is 10.3 Å². The van der Waals surface area contributed by atoms with Gasteiger partial charge in [-0.05, 0) is 23.4 Å². The van der Waals surface area contributed by atoms with Crippen LogP contribution in [0.4, 0.5) is 0 Å². The molecular weight excluding hydrogens is 276 g/mol. The number of carboxylic acids is 1. The van der Waals surface area contributed by atoms with Gasteiger partial charge in [0.15, 0.2) is 0 Å². The molecule has 0 spiro atoms. The lowest BCUT2D eigenvalue weighted by Gasteiger charge is -2.22. The van der Waals surface area contributed by atoms with Crippen LogP contribution in [0, 0.1) is 5.92 Å². The van der Waals surface area contributed by atoms with E-state index < -0.39 is 11.9 Å². The van der Waals surface area contributed by atoms with E-state index >= 15 is 0 Å². The van der Waals surface area contributed by atoms with Crippen LogP contribution >= 0.6 is 0 Å². The average molecular weight is 292 g/mol. The van der Waals surface area contributed by atoms with Crippen LogP contribution < -0.4 is 5.32 Å². The average Bonchev–Trinajstić information content (AvgIpc) is 3.13. The summed E-state index contributed by atoms with van der Waals surface area (Å²) in [5.74, 6) is -1.36. The number of fused-ring (bicyclic) bond motifs is 2. The topological polar surface area (TPSA) is 65.1 Å². The van der Waals surface area contributed by atoms with Crippen molar-refractivity contribution < 1.29 is 9.90 Å². The Kier molecular flexibility index (Phi) is 2.89. The number of hydrogen-bond donors (Lipinski definition) is 3. The molecule has 4 nitrogen and oxygen atoms in total. The van der Waals surface area contributed by atoms with Gasteiger partial charge in [0.25, 0.3) is 0 Å². The molecule has 4 heteroatoms. The normalized spacial score (nSPS) is 23.9. The van der Waals surface area contributed by atoms with Crippen LogP contribution in [0.15, 0.2) is 66.5 Å². The first-order valence-electron chi connectivity index (χ1n) is 7.35. The second-order valence-electron chi connectivity index (χ2n) is 5.69. The lowest BCUT2D eigenvalue weighted by atomic mass is 9.81. The van der Waals surface area contributed by atoms with Crippen LogP contribution in [0.1, 0.15) is 11.5 Å². The molecule has 22 heavy (non-hydrogen) atoms. The second-order valence-corrected chi connectivity index (χ2v) is 5.69. The van der Waals surface area contributed by atoms with Crippen molar-refractivity contribution in [3.8, 4) is 0 Å². The SMILES string of the molecule is O=C(O)C(C1=CNC2C=CC=CC12)c1c[nH]c2ccccc12. The van der Waals surface area contributed by atoms with Gasteiger partial charge in [0.1, 0.15) is 5.92 Å². The molecule has 1 aliphatic heterocycles. The molecule has 3 unspecified atom stereocenters. The van der Waals surface area contributed by atoms with Crippen LogP contribution in [0.3, 0.4) is 0 Å². The minimum absolute atomic E-state index is 0.0970. The summed E-state index contributed by atoms with van der Waals surface area (Å²) in [6.45, 7) is 0. The summed E-state index contributed by atoms with van der Waals surface area (Å²) in [4.78, 5) is 15.2. The number of aromatic nitrogens is 1. The van der Waals surface area contributed by atoms with E-state index in [0.717, 1.165) is 22.0 Å². The third kappa shape index (κ3) is 1.88. The fourth-order valence-electron chi connectivity index (χ4n) is 3.44. The van der Waals surface area contributed by atoms with Crippen LogP contribution in [-0.4, -0.2) is 22.1 Å². The summed E-state index contributed by atoms with van der Waals surface area (Å²) >= 11 is 0. The number of hydrogen-bond acceptors (Lipinski definition) is 2. The predicted octanol–water partition coefficient (Wildman–Crippen LogP) is 2.93. The molecule has 1 aromatic heterocycles. The first kappa shape index (κ1) is 13.0. The van der Waals surface area contributed by atoms with Gasteiger partial charge in [-0.3, -0.25) is 4.79 Å². The number of aliphatic carboxylic acids is 1. The Labute approximate surface area is 127 Å². The number of rotatable bonds is 3. The number of aromatic amines is 1. The van der Waals surface area contributed by atoms with Gasteiger partial charge in [-0.2, -0.15) is 0 Å². The van der Waals surface area contributed by atoms with Crippen molar-refractivity contribution in [2.45, 2.75) is 12.0 Å². The molecule has 0 fully saturated rings. The number of nitrogens with one attached hydrogen (secondary N) is 2. The summed E-state index contributed by atoms with van der Waals surface area (Å²) in [6.07, 6.45) is 11.8. The van der Waals surface area contributed by atoms with Gasteiger partial charge in [-0.15, -0.1) is 0 Å². The Balaban J connectivity index is 1.81. The highest BCUT2D eigenvalue weighted by atomic mass is 16.4. The number of para-hydroxylation sites is 1. The fourth-order valence-corrected chi connectivity index (χ4v) is 3.44. The number of benzene rings is 1. The van der Waals surface area contributed by atoms with E-state index in [-0.39, 0.29) is 12.0 Å². The molecule has 0 saturated heterocycles. The van der Waals surface area contributed by atoms with Gasteiger partial charge < -0.3 is 15.4 Å². The van der Waals surface area contributed by atoms with Crippen molar-refractivity contribution in [3.63, 3.8) is 0 Å². The Hall–Kier alpha value is -2.75. The van der Waals surface area contributed by atoms with Gasteiger partial charge in [0, 0.05) is 23.0 Å². The molecule has 2 aliphatic rings. The van der Waals surface area contributed by atoms with E-state index in [0.29, 0.717) is 0 Å². The van der Waals surface area contributed by atoms with E-state index in [1.54, 1.807) is 0 Å². The van der Waals surface area contributed by atoms with Crippen LogP contribution in [-0.2, 0) is 4.79 Å². The molecule has 110 valence electrons. The highest BCUT2D eigenvalue weighted by molar-refractivity contribution is 5.91. The van der Waals surface area contributed by atoms with Crippen molar-refractivity contribution in [1.29, 1.82) is 0 Å². The zero-order chi connectivity index (χ0) is 15.1. The number of carbonyl (C=O) groups is 1. The largest absolute Gasteiger partial charge is 0.481 e. The second kappa shape index (κ2) is 4.91. The van der Waals surface area contributed by atoms with E-state index in [2.05, 4.69) is 22.5 Å². The number of allylic oxidation sites excluding steroid dienone is 2. The first-order chi connectivity index (χ1) is 10.8. The molecule has 3 atom stereocenters. The van der Waals surface area contributed by atoms with Crippen molar-refractivity contribution in [2.75, 3.05) is 0 Å². The molecule has 0 amide bonds. The van der Waals surface area contributed by atoms with Gasteiger partial charge in [-0.1, -0.05) is 42.5 Å². The van der Waals surface area contributed by atoms with E-state index in [1.165, 1.54) is 0 Å². The highest BCUT2D eigenvalue weighted by Crippen LogP contribution is 2.39. The molecule has 1 aromatic carbocycles. The zero-order valence-corrected chi connectivity index (χ0v) is 11.9. The van der Waals surface area contributed by atoms with Crippen molar-refractivity contribution >= 4 is 16.9 Å². The molecule has 2 heterocycles. The quantitative estimate of drug-likeness (QED) is 0.815. The first-order valence-corrected chi connectivity index (χ1v) is 7.35. The van der Waals surface area contributed by atoms with E-state index in [4.69, 9.17) is 0 Å². The maximum atomic E-state index is 12.0. The standard InChI is InChI=1S/C18H16N2O2/c21-18(22)17(13-9-19-15-7-3-1-5-11(13)15)14-10-20-16-8-4-2-6-12(14)16/h1-11,15,17,19-20H,(H,21,22). The molecule has 0 bridgehead atoms. The van der Waals surface area contributed by atoms with E-state index in [9.17, 15) is 9.90 Å². The van der Waals surface area contributed by atoms with Gasteiger partial charge in [-0.25, -0.2) is 0 Å². The van der Waals surface area contributed by atoms with Gasteiger partial charge in [0.05, 0.1) is 6.04 Å². The Morgan fingerprint density at radius 2 is 2.00 bits per heavy atom. The summed E-state index contributed by atoms with van der Waals surface area (Å²) in [5.41, 5.74) is 2.69. The molecule has 2 aromatic rings. The predicted molar refractivity (Wildman–Crippen MR) is 85.5 cm³/mol. The molecule has 3 N–H and O–H groups in total. The van der Waals surface area contributed by atoms with Gasteiger partial charge >= 0.3 is 5.97 Å². The Morgan fingerprint density at radius 1 is 1.18 bits per heavy atom. The van der Waals surface area contributed by atoms with Gasteiger partial charge in [0.2, 0.25) is 0 Å². The third-order valence-corrected chi connectivity index (χ3v) is 4.47. The summed E-state index contributed by atoms with van der Waals surface area (Å²) in [7, 11) is 0. The molecule has 0 saturated carbocycles. The Morgan fingerprint density at radius 3 is 2.86 bits per heavy atom. The third-order valence-electron chi connectivity index (χ3n) is 4.47. The van der Waals surface area contributed by atoms with Crippen LogP contribution in [0.2, 0.25) is 0 Å². The van der Waals surface area contributed by atoms with Crippen LogP contribution in [0.25, 0.3) is 10.9 Å².